The van der Waals surface area contributed by atoms with Crippen LogP contribution in [0.1, 0.15) is 16.1 Å². The van der Waals surface area contributed by atoms with Crippen LogP contribution >= 0.6 is 11.6 Å². The van der Waals surface area contributed by atoms with E-state index in [2.05, 4.69) is 10.1 Å². The van der Waals surface area contributed by atoms with Crippen LogP contribution in [0.4, 0.5) is 0 Å². The van der Waals surface area contributed by atoms with Gasteiger partial charge in [0.1, 0.15) is 5.15 Å². The molecule has 0 atom stereocenters. The Morgan fingerprint density at radius 2 is 2.25 bits per heavy atom. The van der Waals surface area contributed by atoms with E-state index < -0.39 is 5.97 Å². The summed E-state index contributed by atoms with van der Waals surface area (Å²) in [5.41, 5.74) is 1.29. The Labute approximate surface area is 95.7 Å². The Morgan fingerprint density at radius 3 is 2.81 bits per heavy atom. The van der Waals surface area contributed by atoms with Gasteiger partial charge in [0, 0.05) is 17.8 Å². The summed E-state index contributed by atoms with van der Waals surface area (Å²) in [4.78, 5) is 14.5. The summed E-state index contributed by atoms with van der Waals surface area (Å²) in [5, 5.41) is 12.5. The summed E-state index contributed by atoms with van der Waals surface area (Å²) in [6.45, 7) is 1.80. The monoisotopic (exact) mass is 238 g/mol. The first kappa shape index (κ1) is 10.6. The minimum absolute atomic E-state index is 0.136. The molecule has 2 heterocycles. The number of pyridine rings is 1. The predicted molar refractivity (Wildman–Crippen MR) is 56.4 cm³/mol. The first-order valence-electron chi connectivity index (χ1n) is 4.40. The largest absolute Gasteiger partial charge is 0.476 e. The molecule has 0 fully saturated rings. The van der Waals surface area contributed by atoms with Gasteiger partial charge < -0.3 is 9.63 Å². The fraction of sp³-hybridized carbons (Fsp3) is 0.100. The molecule has 0 unspecified atom stereocenters. The second kappa shape index (κ2) is 3.94. The summed E-state index contributed by atoms with van der Waals surface area (Å²) in [7, 11) is 0. The number of carbonyl (C=O) groups is 1. The normalized spacial score (nSPS) is 10.4. The average Bonchev–Trinajstić information content (AvgIpc) is 2.71. The van der Waals surface area contributed by atoms with Gasteiger partial charge in [0.25, 0.3) is 0 Å². The zero-order chi connectivity index (χ0) is 11.7. The Balaban J connectivity index is 2.42. The van der Waals surface area contributed by atoms with E-state index in [1.165, 1.54) is 12.3 Å². The molecular formula is C10H7ClN2O3. The molecule has 0 aliphatic carbocycles. The van der Waals surface area contributed by atoms with E-state index >= 15 is 0 Å². The number of aryl methyl sites for hydroxylation is 1. The summed E-state index contributed by atoms with van der Waals surface area (Å²) in [5.74, 6) is -0.779. The van der Waals surface area contributed by atoms with Crippen molar-refractivity contribution in [2.75, 3.05) is 0 Å². The third-order valence-electron chi connectivity index (χ3n) is 2.03. The number of carboxylic acids is 1. The molecule has 6 heteroatoms. The highest BCUT2D eigenvalue weighted by molar-refractivity contribution is 6.30. The molecule has 0 spiro atoms. The van der Waals surface area contributed by atoms with Crippen molar-refractivity contribution in [3.05, 3.63) is 34.7 Å². The SMILES string of the molecule is Cc1cc(-c2cc(C(=O)O)no2)cnc1Cl. The molecule has 82 valence electrons. The van der Waals surface area contributed by atoms with Gasteiger partial charge in [-0.15, -0.1) is 0 Å². The highest BCUT2D eigenvalue weighted by atomic mass is 35.5. The van der Waals surface area contributed by atoms with E-state index in [0.717, 1.165) is 5.56 Å². The Morgan fingerprint density at radius 1 is 1.50 bits per heavy atom. The first-order chi connectivity index (χ1) is 7.58. The fourth-order valence-corrected chi connectivity index (χ4v) is 1.31. The quantitative estimate of drug-likeness (QED) is 0.813. The lowest BCUT2D eigenvalue weighted by Gasteiger charge is -1.98. The molecule has 2 aromatic rings. The maximum Gasteiger partial charge on any atom is 0.358 e. The van der Waals surface area contributed by atoms with E-state index in [4.69, 9.17) is 21.2 Å². The standard InChI is InChI=1S/C10H7ClN2O3/c1-5-2-6(4-12-9(5)11)8-3-7(10(14)15)13-16-8/h2-4H,1H3,(H,14,15). The van der Waals surface area contributed by atoms with Crippen LogP contribution in [0.25, 0.3) is 11.3 Å². The minimum Gasteiger partial charge on any atom is -0.476 e. The molecule has 0 saturated heterocycles. The minimum atomic E-state index is -1.13. The Bertz CT molecular complexity index is 551. The maximum atomic E-state index is 10.6. The predicted octanol–water partition coefficient (Wildman–Crippen LogP) is 2.40. The highest BCUT2D eigenvalue weighted by Gasteiger charge is 2.12. The number of hydrogen-bond donors (Lipinski definition) is 1. The van der Waals surface area contributed by atoms with E-state index in [9.17, 15) is 4.79 Å². The second-order valence-corrected chi connectivity index (χ2v) is 3.57. The van der Waals surface area contributed by atoms with Crippen LogP contribution in [0.15, 0.2) is 22.9 Å². The fourth-order valence-electron chi connectivity index (χ4n) is 1.20. The highest BCUT2D eigenvalue weighted by Crippen LogP contribution is 2.23. The number of halogens is 1. The van der Waals surface area contributed by atoms with Crippen molar-refractivity contribution in [3.63, 3.8) is 0 Å². The van der Waals surface area contributed by atoms with Crippen molar-refractivity contribution in [2.45, 2.75) is 6.92 Å². The van der Waals surface area contributed by atoms with Gasteiger partial charge in [-0.1, -0.05) is 16.8 Å². The molecule has 1 N–H and O–H groups in total. The van der Waals surface area contributed by atoms with E-state index in [1.54, 1.807) is 13.0 Å². The van der Waals surface area contributed by atoms with Crippen molar-refractivity contribution in [2.24, 2.45) is 0 Å². The van der Waals surface area contributed by atoms with Gasteiger partial charge >= 0.3 is 5.97 Å². The van der Waals surface area contributed by atoms with Gasteiger partial charge in [-0.3, -0.25) is 0 Å². The van der Waals surface area contributed by atoms with Gasteiger partial charge in [0.2, 0.25) is 0 Å². The van der Waals surface area contributed by atoms with Crippen molar-refractivity contribution in [3.8, 4) is 11.3 Å². The summed E-state index contributed by atoms with van der Waals surface area (Å²) in [6, 6.07) is 3.09. The van der Waals surface area contributed by atoms with Gasteiger partial charge in [-0.2, -0.15) is 0 Å². The third-order valence-corrected chi connectivity index (χ3v) is 2.42. The number of nitrogens with zero attached hydrogens (tertiary/aromatic N) is 2. The molecular weight excluding hydrogens is 232 g/mol. The molecule has 16 heavy (non-hydrogen) atoms. The van der Waals surface area contributed by atoms with Gasteiger partial charge in [0.05, 0.1) is 0 Å². The van der Waals surface area contributed by atoms with E-state index in [1.807, 2.05) is 0 Å². The number of aromatic nitrogens is 2. The van der Waals surface area contributed by atoms with Crippen LogP contribution in [0.2, 0.25) is 5.15 Å². The molecule has 0 aliphatic heterocycles. The lowest BCUT2D eigenvalue weighted by molar-refractivity contribution is 0.0686. The number of carboxylic acid groups (broad SMARTS) is 1. The molecule has 2 rings (SSSR count). The van der Waals surface area contributed by atoms with E-state index in [-0.39, 0.29) is 5.69 Å². The average molecular weight is 239 g/mol. The first-order valence-corrected chi connectivity index (χ1v) is 4.78. The topological polar surface area (TPSA) is 76.2 Å². The van der Waals surface area contributed by atoms with Gasteiger partial charge in [-0.25, -0.2) is 9.78 Å². The number of aromatic carboxylic acids is 1. The summed E-state index contributed by atoms with van der Waals surface area (Å²) in [6.07, 6.45) is 1.50. The zero-order valence-electron chi connectivity index (χ0n) is 8.27. The summed E-state index contributed by atoms with van der Waals surface area (Å²) < 4.78 is 4.89. The van der Waals surface area contributed by atoms with Crippen LogP contribution in [-0.4, -0.2) is 21.2 Å². The Kier molecular flexibility index (Phi) is 2.62. The van der Waals surface area contributed by atoms with Crippen LogP contribution in [0.3, 0.4) is 0 Å². The molecule has 0 aromatic carbocycles. The van der Waals surface area contributed by atoms with Crippen LogP contribution in [-0.2, 0) is 0 Å². The van der Waals surface area contributed by atoms with Crippen molar-refractivity contribution < 1.29 is 14.4 Å². The van der Waals surface area contributed by atoms with Crippen LogP contribution in [0, 0.1) is 6.92 Å². The molecule has 2 aromatic heterocycles. The Hall–Kier alpha value is -1.88. The maximum absolute atomic E-state index is 10.6. The molecule has 5 nitrogen and oxygen atoms in total. The number of rotatable bonds is 2. The van der Waals surface area contributed by atoms with Gasteiger partial charge in [0.15, 0.2) is 11.5 Å². The van der Waals surface area contributed by atoms with Crippen LogP contribution < -0.4 is 0 Å². The van der Waals surface area contributed by atoms with Crippen LogP contribution in [0.5, 0.6) is 0 Å². The number of hydrogen-bond acceptors (Lipinski definition) is 4. The molecule has 0 aliphatic rings. The van der Waals surface area contributed by atoms with Crippen molar-refractivity contribution in [1.82, 2.24) is 10.1 Å². The van der Waals surface area contributed by atoms with E-state index in [0.29, 0.717) is 16.5 Å². The smallest absolute Gasteiger partial charge is 0.358 e. The molecule has 0 amide bonds. The molecule has 0 bridgehead atoms. The lowest BCUT2D eigenvalue weighted by Crippen LogP contribution is -1.94. The van der Waals surface area contributed by atoms with Crippen molar-refractivity contribution in [1.29, 1.82) is 0 Å². The lowest BCUT2D eigenvalue weighted by atomic mass is 10.2. The second-order valence-electron chi connectivity index (χ2n) is 3.21. The molecule has 0 radical (unpaired) electrons. The zero-order valence-corrected chi connectivity index (χ0v) is 9.02. The summed E-state index contributed by atoms with van der Waals surface area (Å²) >= 11 is 5.77. The third kappa shape index (κ3) is 1.90. The van der Waals surface area contributed by atoms with Crippen molar-refractivity contribution >= 4 is 17.6 Å². The van der Waals surface area contributed by atoms with Gasteiger partial charge in [-0.05, 0) is 18.6 Å². The molecule has 0 saturated carbocycles.